The van der Waals surface area contributed by atoms with Crippen LogP contribution in [-0.4, -0.2) is 53.1 Å². The van der Waals surface area contributed by atoms with E-state index in [1.165, 1.54) is 12.2 Å². The zero-order chi connectivity index (χ0) is 26.5. The van der Waals surface area contributed by atoms with E-state index in [1.54, 1.807) is 6.92 Å². The molecule has 1 aromatic carbocycles. The number of nitrogens with one attached hydrogen (secondary N) is 3. The lowest BCUT2D eigenvalue weighted by atomic mass is 9.98. The van der Waals surface area contributed by atoms with Crippen molar-refractivity contribution in [2.45, 2.75) is 90.0 Å². The molecule has 0 saturated carbocycles. The number of likely N-dealkylation sites (N-methyl/N-ethyl adjacent to an activating group) is 1. The zero-order valence-electron chi connectivity index (χ0n) is 21.9. The molecule has 3 amide bonds. The van der Waals surface area contributed by atoms with Gasteiger partial charge in [-0.05, 0) is 51.0 Å². The van der Waals surface area contributed by atoms with Crippen LogP contribution in [0.1, 0.15) is 70.4 Å². The van der Waals surface area contributed by atoms with Gasteiger partial charge in [-0.1, -0.05) is 71.7 Å². The molecule has 0 aliphatic carbocycles. The molecule has 3 N–H and O–H groups in total. The summed E-state index contributed by atoms with van der Waals surface area (Å²) in [5.74, 6) is -0.648. The van der Waals surface area contributed by atoms with Gasteiger partial charge in [0.25, 0.3) is 5.91 Å². The molecule has 9 heteroatoms. The lowest BCUT2D eigenvalue weighted by Crippen LogP contribution is -2.54. The summed E-state index contributed by atoms with van der Waals surface area (Å²) in [4.78, 5) is 51.0. The van der Waals surface area contributed by atoms with E-state index in [0.29, 0.717) is 24.6 Å². The largest absolute Gasteiger partial charge is 0.350 e. The zero-order valence-corrected chi connectivity index (χ0v) is 23.6. The lowest BCUT2D eigenvalue weighted by molar-refractivity contribution is -0.140. The van der Waals surface area contributed by atoms with E-state index in [9.17, 15) is 19.2 Å². The van der Waals surface area contributed by atoms with Crippen LogP contribution in [-0.2, 0) is 25.6 Å². The van der Waals surface area contributed by atoms with Gasteiger partial charge in [0.2, 0.25) is 17.6 Å². The van der Waals surface area contributed by atoms with Gasteiger partial charge in [0.15, 0.2) is 0 Å². The number of hydrogen-bond donors (Lipinski definition) is 3. The van der Waals surface area contributed by atoms with E-state index in [-0.39, 0.29) is 18.2 Å². The fourth-order valence-corrected chi connectivity index (χ4v) is 7.07. The number of amides is 3. The molecule has 1 fully saturated rings. The van der Waals surface area contributed by atoms with Gasteiger partial charge in [-0.3, -0.25) is 19.2 Å². The summed E-state index contributed by atoms with van der Waals surface area (Å²) < 4.78 is 0. The first kappa shape index (κ1) is 30.2. The molecule has 0 radical (unpaired) electrons. The summed E-state index contributed by atoms with van der Waals surface area (Å²) in [5.41, 5.74) is 1.92. The molecule has 1 saturated heterocycles. The monoisotopic (exact) mass is 535 g/mol. The van der Waals surface area contributed by atoms with Crippen LogP contribution >= 0.6 is 21.6 Å². The molecule has 7 nitrogen and oxygen atoms in total. The summed E-state index contributed by atoms with van der Waals surface area (Å²) in [7, 11) is 3.86. The molecule has 1 aliphatic rings. The average Bonchev–Trinajstić information content (AvgIpc) is 3.35. The molecule has 3 atom stereocenters. The minimum absolute atomic E-state index is 0.158. The molecule has 1 unspecified atom stereocenters. The molecular weight excluding hydrogens is 494 g/mol. The summed E-state index contributed by atoms with van der Waals surface area (Å²) in [5, 5.41) is 8.85. The van der Waals surface area contributed by atoms with Crippen molar-refractivity contribution < 1.29 is 19.2 Å². The normalized spacial score (nSPS) is 16.9. The van der Waals surface area contributed by atoms with Crippen LogP contribution < -0.4 is 16.0 Å². The van der Waals surface area contributed by atoms with Gasteiger partial charge in [-0.25, -0.2) is 0 Å². The van der Waals surface area contributed by atoms with Crippen molar-refractivity contribution in [1.29, 1.82) is 0 Å². The quantitative estimate of drug-likeness (QED) is 0.178. The van der Waals surface area contributed by atoms with Crippen LogP contribution in [0.25, 0.3) is 0 Å². The van der Waals surface area contributed by atoms with Crippen LogP contribution in [0, 0.1) is 12.8 Å². The second-order valence-corrected chi connectivity index (χ2v) is 12.6. The van der Waals surface area contributed by atoms with Gasteiger partial charge >= 0.3 is 0 Å². The Morgan fingerprint density at radius 1 is 1.03 bits per heavy atom. The fourth-order valence-electron chi connectivity index (χ4n) is 4.04. The summed E-state index contributed by atoms with van der Waals surface area (Å²) in [6.45, 7) is 7.98. The predicted octanol–water partition coefficient (Wildman–Crippen LogP) is 3.97. The van der Waals surface area contributed by atoms with Gasteiger partial charge in [0.05, 0.1) is 0 Å². The van der Waals surface area contributed by atoms with Crippen molar-refractivity contribution in [2.24, 2.45) is 5.92 Å². The maximum absolute atomic E-state index is 13.2. The molecule has 1 heterocycles. The number of carbonyl (C=O) groups is 4. The first-order chi connectivity index (χ1) is 17.2. The van der Waals surface area contributed by atoms with E-state index in [4.69, 9.17) is 0 Å². The molecular formula is C27H41N3O4S2. The third-order valence-electron chi connectivity index (χ3n) is 6.02. The Hall–Kier alpha value is -2.00. The van der Waals surface area contributed by atoms with Crippen molar-refractivity contribution in [1.82, 2.24) is 16.0 Å². The number of rotatable bonds is 15. The van der Waals surface area contributed by atoms with Gasteiger partial charge in [-0.15, -0.1) is 0 Å². The third kappa shape index (κ3) is 10.9. The van der Waals surface area contributed by atoms with Crippen LogP contribution in [0.3, 0.4) is 0 Å². The van der Waals surface area contributed by atoms with Gasteiger partial charge in [0, 0.05) is 30.4 Å². The number of ketones is 1. The third-order valence-corrected chi connectivity index (χ3v) is 9.03. The molecule has 200 valence electrons. The number of benzene rings is 1. The fraction of sp³-hybridized carbons (Fsp3) is 0.630. The molecule has 0 bridgehead atoms. The Labute approximate surface area is 223 Å². The molecule has 0 spiro atoms. The Morgan fingerprint density at radius 3 is 2.36 bits per heavy atom. The van der Waals surface area contributed by atoms with Gasteiger partial charge < -0.3 is 16.0 Å². The molecule has 36 heavy (non-hydrogen) atoms. The van der Waals surface area contributed by atoms with Crippen LogP contribution in [0.4, 0.5) is 0 Å². The van der Waals surface area contributed by atoms with Crippen molar-refractivity contribution in [3.63, 3.8) is 0 Å². The first-order valence-electron chi connectivity index (χ1n) is 12.9. The van der Waals surface area contributed by atoms with E-state index in [1.807, 2.05) is 66.6 Å². The second kappa shape index (κ2) is 16.0. The predicted molar refractivity (Wildman–Crippen MR) is 149 cm³/mol. The summed E-state index contributed by atoms with van der Waals surface area (Å²) in [6.07, 6.45) is 5.14. The number of carbonyl (C=O) groups excluding carboxylic acids is 4. The number of hydrogen-bond acceptors (Lipinski definition) is 6. The van der Waals surface area contributed by atoms with E-state index >= 15 is 0 Å². The van der Waals surface area contributed by atoms with Crippen LogP contribution in [0.2, 0.25) is 0 Å². The summed E-state index contributed by atoms with van der Waals surface area (Å²) >= 11 is 0. The minimum atomic E-state index is -1.01. The van der Waals surface area contributed by atoms with E-state index in [0.717, 1.165) is 30.4 Å². The highest BCUT2D eigenvalue weighted by Gasteiger charge is 2.30. The second-order valence-electron chi connectivity index (χ2n) is 9.80. The van der Waals surface area contributed by atoms with E-state index in [2.05, 4.69) is 16.0 Å². The highest BCUT2D eigenvalue weighted by atomic mass is 33.1. The van der Waals surface area contributed by atoms with Crippen LogP contribution in [0.5, 0.6) is 0 Å². The smallest absolute Gasteiger partial charge is 0.289 e. The highest BCUT2D eigenvalue weighted by Crippen LogP contribution is 2.39. The van der Waals surface area contributed by atoms with E-state index < -0.39 is 29.7 Å². The first-order valence-corrected chi connectivity index (χ1v) is 15.3. The number of aryl methyl sites for hydroxylation is 1. The lowest BCUT2D eigenvalue weighted by Gasteiger charge is -2.24. The van der Waals surface area contributed by atoms with Crippen molar-refractivity contribution >= 4 is 45.1 Å². The molecule has 1 aromatic rings. The Kier molecular flexibility index (Phi) is 13.4. The Morgan fingerprint density at radius 2 is 1.75 bits per heavy atom. The Balaban J connectivity index is 2.01. The average molecular weight is 536 g/mol. The summed E-state index contributed by atoms with van der Waals surface area (Å²) in [6, 6.07) is 5.85. The molecule has 0 aromatic heterocycles. The minimum Gasteiger partial charge on any atom is -0.350 e. The highest BCUT2D eigenvalue weighted by molar-refractivity contribution is 8.77. The van der Waals surface area contributed by atoms with Crippen molar-refractivity contribution in [2.75, 3.05) is 12.3 Å². The number of unbranched alkanes of at least 4 members (excludes halogenated alkanes) is 1. The van der Waals surface area contributed by atoms with Gasteiger partial charge in [-0.2, -0.15) is 0 Å². The Bertz CT molecular complexity index is 870. The maximum atomic E-state index is 13.2. The van der Waals surface area contributed by atoms with Gasteiger partial charge in [0.1, 0.15) is 12.1 Å². The number of Topliss-reactive ketones (excluding diaryl/α,β-unsaturated/α-hetero) is 1. The van der Waals surface area contributed by atoms with Crippen molar-refractivity contribution in [3.05, 3.63) is 35.4 Å². The standard InChI is InChI=1S/C27H41N3O4S2/c1-5-28-27(34)25(32)22(17-20-12-10-19(4)11-13-20)30-26(33)23(16-18(2)3)29-24(31)9-7-6-8-21-14-15-35-36-21/h10-13,18,21-23H,5-9,14-17H2,1-4H3,(H,28,34)(H,29,31)(H,30,33)/t21?,22-,23-/m0/s1. The molecule has 2 rings (SSSR count). The molecule has 1 aliphatic heterocycles. The maximum Gasteiger partial charge on any atom is 0.289 e. The van der Waals surface area contributed by atoms with Crippen LogP contribution in [0.15, 0.2) is 24.3 Å². The van der Waals surface area contributed by atoms with Crippen molar-refractivity contribution in [3.8, 4) is 0 Å². The topological polar surface area (TPSA) is 104 Å². The SMILES string of the molecule is CCNC(=O)C(=O)[C@H](Cc1ccc(C)cc1)NC(=O)[C@H](CC(C)C)NC(=O)CCCCC1CCSS1.